The maximum Gasteiger partial charge on any atom is 0.0824 e. The normalized spacial score (nSPS) is 10.6. The SMILES string of the molecule is CC.CN=CNC(C)(C)C. The van der Waals surface area contributed by atoms with E-state index in [0.717, 1.165) is 0 Å². The Morgan fingerprint density at radius 2 is 1.60 bits per heavy atom. The van der Waals surface area contributed by atoms with Crippen LogP contribution in [0, 0.1) is 0 Å². The van der Waals surface area contributed by atoms with Crippen molar-refractivity contribution in [3.05, 3.63) is 0 Å². The summed E-state index contributed by atoms with van der Waals surface area (Å²) in [7, 11) is 1.75. The van der Waals surface area contributed by atoms with E-state index in [1.165, 1.54) is 0 Å². The van der Waals surface area contributed by atoms with E-state index in [2.05, 4.69) is 31.1 Å². The molecule has 0 aliphatic rings. The average Bonchev–Trinajstić information content (AvgIpc) is 1.87. The molecule has 0 bridgehead atoms. The van der Waals surface area contributed by atoms with E-state index in [4.69, 9.17) is 0 Å². The number of nitrogens with zero attached hydrogens (tertiary/aromatic N) is 1. The van der Waals surface area contributed by atoms with Crippen LogP contribution >= 0.6 is 0 Å². The van der Waals surface area contributed by atoms with Crippen molar-refractivity contribution in [2.45, 2.75) is 40.2 Å². The highest BCUT2D eigenvalue weighted by molar-refractivity contribution is 5.54. The zero-order chi connectivity index (χ0) is 8.62. The third-order valence-electron chi connectivity index (χ3n) is 0.627. The van der Waals surface area contributed by atoms with Crippen molar-refractivity contribution in [3.8, 4) is 0 Å². The number of hydrogen-bond acceptors (Lipinski definition) is 1. The minimum Gasteiger partial charge on any atom is -0.372 e. The summed E-state index contributed by atoms with van der Waals surface area (Å²) in [6.07, 6.45) is 1.71. The minimum atomic E-state index is 0.152. The molecule has 10 heavy (non-hydrogen) atoms. The van der Waals surface area contributed by atoms with Gasteiger partial charge in [-0.3, -0.25) is 4.99 Å². The van der Waals surface area contributed by atoms with Crippen LogP contribution in [0.3, 0.4) is 0 Å². The van der Waals surface area contributed by atoms with E-state index in [-0.39, 0.29) is 5.54 Å². The van der Waals surface area contributed by atoms with Crippen molar-refractivity contribution in [1.82, 2.24) is 5.32 Å². The largest absolute Gasteiger partial charge is 0.372 e. The first-order valence-electron chi connectivity index (χ1n) is 3.74. The monoisotopic (exact) mass is 144 g/mol. The molecule has 0 heterocycles. The lowest BCUT2D eigenvalue weighted by Crippen LogP contribution is -2.34. The highest BCUT2D eigenvalue weighted by Crippen LogP contribution is 1.94. The van der Waals surface area contributed by atoms with Crippen LogP contribution in [0.4, 0.5) is 0 Å². The van der Waals surface area contributed by atoms with Gasteiger partial charge >= 0.3 is 0 Å². The Balaban J connectivity index is 0. The fourth-order valence-electron chi connectivity index (χ4n) is 0.258. The van der Waals surface area contributed by atoms with Crippen molar-refractivity contribution in [1.29, 1.82) is 0 Å². The lowest BCUT2D eigenvalue weighted by Gasteiger charge is -2.17. The van der Waals surface area contributed by atoms with E-state index < -0.39 is 0 Å². The van der Waals surface area contributed by atoms with Crippen molar-refractivity contribution in [2.75, 3.05) is 7.05 Å². The Morgan fingerprint density at radius 3 is 1.70 bits per heavy atom. The van der Waals surface area contributed by atoms with E-state index in [1.807, 2.05) is 13.8 Å². The molecule has 0 rings (SSSR count). The molecule has 0 radical (unpaired) electrons. The van der Waals surface area contributed by atoms with E-state index in [0.29, 0.717) is 0 Å². The molecular weight excluding hydrogens is 124 g/mol. The molecule has 0 aromatic heterocycles. The van der Waals surface area contributed by atoms with Gasteiger partial charge in [0, 0.05) is 12.6 Å². The van der Waals surface area contributed by atoms with Crippen molar-refractivity contribution in [2.24, 2.45) is 4.99 Å². The highest BCUT2D eigenvalue weighted by atomic mass is 15.0. The second-order valence-electron chi connectivity index (χ2n) is 2.78. The summed E-state index contributed by atoms with van der Waals surface area (Å²) < 4.78 is 0. The van der Waals surface area contributed by atoms with Gasteiger partial charge in [0.15, 0.2) is 0 Å². The van der Waals surface area contributed by atoms with Gasteiger partial charge in [-0.15, -0.1) is 0 Å². The first-order valence-corrected chi connectivity index (χ1v) is 3.74. The predicted molar refractivity (Wildman–Crippen MR) is 48.7 cm³/mol. The molecule has 62 valence electrons. The molecule has 0 atom stereocenters. The molecule has 0 fully saturated rings. The maximum atomic E-state index is 3.78. The Kier molecular flexibility index (Phi) is 8.02. The standard InChI is InChI=1S/C6H14N2.C2H6/c1-6(2,3)8-5-7-4;1-2/h5H,1-4H3,(H,7,8);1-2H3. The number of aliphatic imine (C=N–C) groups is 1. The third kappa shape index (κ3) is 15.6. The summed E-state index contributed by atoms with van der Waals surface area (Å²) in [6, 6.07) is 0. The van der Waals surface area contributed by atoms with Gasteiger partial charge in [-0.25, -0.2) is 0 Å². The highest BCUT2D eigenvalue weighted by Gasteiger charge is 2.03. The lowest BCUT2D eigenvalue weighted by molar-refractivity contribution is 0.517. The average molecular weight is 144 g/mol. The number of nitrogens with one attached hydrogen (secondary N) is 1. The fourth-order valence-corrected chi connectivity index (χ4v) is 0.258. The molecule has 0 saturated carbocycles. The molecule has 0 aromatic rings. The summed E-state index contributed by atoms with van der Waals surface area (Å²) in [5.41, 5.74) is 0.152. The second kappa shape index (κ2) is 6.59. The molecular formula is C8H20N2. The molecule has 0 saturated heterocycles. The van der Waals surface area contributed by atoms with E-state index in [9.17, 15) is 0 Å². The van der Waals surface area contributed by atoms with Gasteiger partial charge in [0.05, 0.1) is 6.34 Å². The molecule has 0 spiro atoms. The summed E-state index contributed by atoms with van der Waals surface area (Å²) in [4.78, 5) is 3.78. The number of rotatable bonds is 1. The van der Waals surface area contributed by atoms with Gasteiger partial charge in [-0.1, -0.05) is 13.8 Å². The zero-order valence-corrected chi connectivity index (χ0v) is 8.02. The molecule has 0 amide bonds. The van der Waals surface area contributed by atoms with Gasteiger partial charge in [0.2, 0.25) is 0 Å². The van der Waals surface area contributed by atoms with Crippen molar-refractivity contribution >= 4 is 6.34 Å². The van der Waals surface area contributed by atoms with Crippen LogP contribution in [0.5, 0.6) is 0 Å². The molecule has 0 aliphatic carbocycles. The van der Waals surface area contributed by atoms with Gasteiger partial charge in [0.1, 0.15) is 0 Å². The van der Waals surface area contributed by atoms with Crippen molar-refractivity contribution < 1.29 is 0 Å². The molecule has 1 N–H and O–H groups in total. The van der Waals surface area contributed by atoms with Crippen LogP contribution in [0.15, 0.2) is 4.99 Å². The Labute approximate surface area is 64.7 Å². The Morgan fingerprint density at radius 1 is 1.20 bits per heavy atom. The van der Waals surface area contributed by atoms with Crippen LogP contribution in [0.2, 0.25) is 0 Å². The minimum absolute atomic E-state index is 0.152. The second-order valence-corrected chi connectivity index (χ2v) is 2.78. The van der Waals surface area contributed by atoms with E-state index in [1.54, 1.807) is 13.4 Å². The smallest absolute Gasteiger partial charge is 0.0824 e. The molecule has 0 aromatic carbocycles. The summed E-state index contributed by atoms with van der Waals surface area (Å²) >= 11 is 0. The quantitative estimate of drug-likeness (QED) is 0.442. The van der Waals surface area contributed by atoms with Gasteiger partial charge in [0.25, 0.3) is 0 Å². The first-order chi connectivity index (χ1) is 4.56. The van der Waals surface area contributed by atoms with Crippen LogP contribution < -0.4 is 5.32 Å². The van der Waals surface area contributed by atoms with Gasteiger partial charge < -0.3 is 5.32 Å². The fraction of sp³-hybridized carbons (Fsp3) is 0.875. The molecule has 2 nitrogen and oxygen atoms in total. The lowest BCUT2D eigenvalue weighted by atomic mass is 10.1. The molecule has 2 heteroatoms. The molecule has 0 unspecified atom stereocenters. The summed E-state index contributed by atoms with van der Waals surface area (Å²) in [5, 5.41) is 3.08. The van der Waals surface area contributed by atoms with Gasteiger partial charge in [-0.2, -0.15) is 0 Å². The summed E-state index contributed by atoms with van der Waals surface area (Å²) in [5.74, 6) is 0. The Bertz CT molecular complexity index is 79.7. The Hall–Kier alpha value is -0.530. The van der Waals surface area contributed by atoms with Crippen molar-refractivity contribution in [3.63, 3.8) is 0 Å². The van der Waals surface area contributed by atoms with E-state index >= 15 is 0 Å². The topological polar surface area (TPSA) is 24.4 Å². The molecule has 0 aliphatic heterocycles. The predicted octanol–water partition coefficient (Wildman–Crippen LogP) is 2.06. The van der Waals surface area contributed by atoms with Crippen LogP contribution in [0.25, 0.3) is 0 Å². The maximum absolute atomic E-state index is 3.78. The van der Waals surface area contributed by atoms with Crippen LogP contribution in [0.1, 0.15) is 34.6 Å². The first kappa shape index (κ1) is 12.2. The van der Waals surface area contributed by atoms with Crippen LogP contribution in [-0.2, 0) is 0 Å². The van der Waals surface area contributed by atoms with Crippen LogP contribution in [-0.4, -0.2) is 18.9 Å². The zero-order valence-electron chi connectivity index (χ0n) is 8.02. The third-order valence-corrected chi connectivity index (χ3v) is 0.627. The number of hydrogen-bond donors (Lipinski definition) is 1. The van der Waals surface area contributed by atoms with Gasteiger partial charge in [-0.05, 0) is 20.8 Å². The summed E-state index contributed by atoms with van der Waals surface area (Å²) in [6.45, 7) is 10.3.